The van der Waals surface area contributed by atoms with Crippen LogP contribution in [0.1, 0.15) is 23.1 Å². The van der Waals surface area contributed by atoms with Crippen molar-refractivity contribution >= 4 is 5.57 Å². The van der Waals surface area contributed by atoms with Crippen LogP contribution in [-0.4, -0.2) is 0 Å². The molecule has 0 saturated heterocycles. The van der Waals surface area contributed by atoms with E-state index >= 15 is 0 Å². The molecule has 0 atom stereocenters. The van der Waals surface area contributed by atoms with Gasteiger partial charge in [0, 0.05) is 0 Å². The first-order valence-corrected chi connectivity index (χ1v) is 11.4. The Morgan fingerprint density at radius 1 is 0.600 bits per heavy atom. The van der Waals surface area contributed by atoms with E-state index in [1.165, 1.54) is 5.56 Å². The van der Waals surface area contributed by atoms with Gasteiger partial charge >= 0.3 is 26.2 Å². The maximum absolute atomic E-state index is 3.51. The van der Waals surface area contributed by atoms with Crippen molar-refractivity contribution in [3.05, 3.63) is 192 Å². The van der Waals surface area contributed by atoms with Gasteiger partial charge in [-0.1, -0.05) is 60.5 Å². The molecule has 0 unspecified atom stereocenters. The maximum atomic E-state index is 3.51. The number of rotatable bonds is 5. The molecule has 5 rings (SSSR count). The molecule has 0 heterocycles. The molecule has 5 aromatic rings. The molecule has 5 aromatic carbocycles. The van der Waals surface area contributed by atoms with Crippen LogP contribution >= 0.6 is 0 Å². The normalized spacial score (nSPS) is 9.66. The number of allylic oxidation sites excluding steroid dienone is 2. The third kappa shape index (κ3) is 12.0. The van der Waals surface area contributed by atoms with Gasteiger partial charge in [0.2, 0.25) is 0 Å². The molecule has 0 nitrogen and oxygen atoms in total. The van der Waals surface area contributed by atoms with Crippen LogP contribution in [0.5, 0.6) is 0 Å². The minimum absolute atomic E-state index is 0. The van der Waals surface area contributed by atoms with Crippen LogP contribution in [0, 0.1) is 12.2 Å². The Hall–Kier alpha value is -3.50. The fourth-order valence-corrected chi connectivity index (χ4v) is 3.03. The molecular formula is C34H28Zr. The second-order valence-corrected chi connectivity index (χ2v) is 7.30. The van der Waals surface area contributed by atoms with Crippen molar-refractivity contribution in [2.45, 2.75) is 6.42 Å². The smallest absolute Gasteiger partial charge is 0.226 e. The first-order chi connectivity index (χ1) is 16.9. The third-order valence-electron chi connectivity index (χ3n) is 4.70. The fourth-order valence-electron chi connectivity index (χ4n) is 3.03. The zero-order chi connectivity index (χ0) is 23.5. The molecule has 0 spiro atoms. The summed E-state index contributed by atoms with van der Waals surface area (Å²) >= 11 is 0. The van der Waals surface area contributed by atoms with Gasteiger partial charge in [-0.15, -0.1) is 77.4 Å². The topological polar surface area (TPSA) is 0 Å². The van der Waals surface area contributed by atoms with Crippen molar-refractivity contribution < 1.29 is 26.2 Å². The summed E-state index contributed by atoms with van der Waals surface area (Å²) < 4.78 is 0. The molecule has 0 bridgehead atoms. The van der Waals surface area contributed by atoms with Crippen molar-refractivity contribution in [3.8, 4) is 0 Å². The molecule has 0 aliphatic rings. The van der Waals surface area contributed by atoms with Gasteiger partial charge in [-0.2, -0.15) is 36.4 Å². The van der Waals surface area contributed by atoms with Crippen molar-refractivity contribution in [1.82, 2.24) is 0 Å². The minimum atomic E-state index is 0. The van der Waals surface area contributed by atoms with E-state index in [1.807, 2.05) is 121 Å². The van der Waals surface area contributed by atoms with Crippen LogP contribution in [0.15, 0.2) is 163 Å². The molecule has 0 N–H and O–H groups in total. The first-order valence-electron chi connectivity index (χ1n) is 11.4. The molecule has 0 radical (unpaired) electrons. The first kappa shape index (κ1) is 27.7. The molecular weight excluding hydrogens is 500 g/mol. The Balaban J connectivity index is 0.000000324. The fraction of sp³-hybridized carbons (Fsp3) is 0.0294. The van der Waals surface area contributed by atoms with Gasteiger partial charge in [-0.25, -0.2) is 30.0 Å². The average Bonchev–Trinajstić information content (AvgIpc) is 3.67. The molecule has 0 fully saturated rings. The van der Waals surface area contributed by atoms with Crippen LogP contribution in [0.4, 0.5) is 0 Å². The third-order valence-corrected chi connectivity index (χ3v) is 4.70. The van der Waals surface area contributed by atoms with E-state index in [1.54, 1.807) is 0 Å². The van der Waals surface area contributed by atoms with Gasteiger partial charge in [0.15, 0.2) is 0 Å². The van der Waals surface area contributed by atoms with E-state index in [9.17, 15) is 0 Å². The summed E-state index contributed by atoms with van der Waals surface area (Å²) in [6.45, 7) is 0. The molecule has 0 saturated carbocycles. The molecule has 0 aliphatic carbocycles. The number of hydrogen-bond donors (Lipinski definition) is 0. The van der Waals surface area contributed by atoms with E-state index in [-0.39, 0.29) is 26.2 Å². The summed E-state index contributed by atoms with van der Waals surface area (Å²) in [5.41, 5.74) is 7.59. The summed E-state index contributed by atoms with van der Waals surface area (Å²) in [4.78, 5) is 0. The second kappa shape index (κ2) is 17.9. The number of hydrogen-bond acceptors (Lipinski definition) is 0. The van der Waals surface area contributed by atoms with Gasteiger partial charge in [-0.05, 0) is 0 Å². The largest absolute Gasteiger partial charge is 4.00 e. The van der Waals surface area contributed by atoms with Gasteiger partial charge < -0.3 is 0 Å². The molecule has 35 heavy (non-hydrogen) atoms. The van der Waals surface area contributed by atoms with E-state index in [0.29, 0.717) is 0 Å². The molecule has 168 valence electrons. The summed E-state index contributed by atoms with van der Waals surface area (Å²) in [6, 6.07) is 50.6. The quantitative estimate of drug-likeness (QED) is 0.122. The molecule has 0 aliphatic heterocycles. The molecule has 0 amide bonds. The van der Waals surface area contributed by atoms with Crippen molar-refractivity contribution in [3.63, 3.8) is 0 Å². The SMILES string of the molecule is C(=[C-]c1ccccc1)=CCC(=[C-]c1ccccc1)c1ccccc1.[Zr+4].c1cc[cH-]c1.c1cc[cH-]c1. The molecule has 0 aromatic heterocycles. The minimum Gasteiger partial charge on any atom is -0.226 e. The van der Waals surface area contributed by atoms with E-state index in [0.717, 1.165) is 23.1 Å². The van der Waals surface area contributed by atoms with Crippen molar-refractivity contribution in [2.24, 2.45) is 0 Å². The summed E-state index contributed by atoms with van der Waals surface area (Å²) in [7, 11) is 0. The maximum Gasteiger partial charge on any atom is 4.00 e. The Morgan fingerprint density at radius 2 is 1.06 bits per heavy atom. The van der Waals surface area contributed by atoms with Crippen LogP contribution in [0.2, 0.25) is 0 Å². The Bertz CT molecular complexity index is 1150. The van der Waals surface area contributed by atoms with E-state index in [2.05, 4.69) is 54.3 Å². The monoisotopic (exact) mass is 526 g/mol. The van der Waals surface area contributed by atoms with Gasteiger partial charge in [0.25, 0.3) is 0 Å². The second-order valence-electron chi connectivity index (χ2n) is 7.30. The van der Waals surface area contributed by atoms with Crippen LogP contribution in [0.25, 0.3) is 5.57 Å². The van der Waals surface area contributed by atoms with Gasteiger partial charge in [0.05, 0.1) is 0 Å². The van der Waals surface area contributed by atoms with Gasteiger partial charge in [-0.3, -0.25) is 0 Å². The Kier molecular flexibility index (Phi) is 14.2. The van der Waals surface area contributed by atoms with Crippen LogP contribution in [0.3, 0.4) is 0 Å². The standard InChI is InChI=1S/C24H18.2C5H5.Zr/c1-4-12-21(13-5-1)14-10-11-19-24(23-17-8-3-9-18-23)20-22-15-6-2-7-16-22;2*1-2-4-5-3-1;/h1-9,11-13,15-18H,19H2;2*1-5H;/q-2;2*-1;+4. The zero-order valence-electron chi connectivity index (χ0n) is 19.7. The summed E-state index contributed by atoms with van der Waals surface area (Å²) in [6.07, 6.45) is 9.45. The predicted octanol–water partition coefficient (Wildman–Crippen LogP) is 8.68. The van der Waals surface area contributed by atoms with Crippen molar-refractivity contribution in [2.75, 3.05) is 0 Å². The summed E-state index contributed by atoms with van der Waals surface area (Å²) in [5, 5.41) is 0. The summed E-state index contributed by atoms with van der Waals surface area (Å²) in [5.74, 6) is 0. The van der Waals surface area contributed by atoms with Crippen LogP contribution in [-0.2, 0) is 26.2 Å². The van der Waals surface area contributed by atoms with Gasteiger partial charge in [0.1, 0.15) is 0 Å². The Labute approximate surface area is 229 Å². The Morgan fingerprint density at radius 3 is 1.51 bits per heavy atom. The van der Waals surface area contributed by atoms with E-state index in [4.69, 9.17) is 0 Å². The van der Waals surface area contributed by atoms with E-state index < -0.39 is 0 Å². The number of benzene rings is 3. The zero-order valence-corrected chi connectivity index (χ0v) is 22.2. The molecule has 1 heteroatoms. The predicted molar refractivity (Wildman–Crippen MR) is 144 cm³/mol. The van der Waals surface area contributed by atoms with Crippen molar-refractivity contribution in [1.29, 1.82) is 0 Å². The van der Waals surface area contributed by atoms with Crippen LogP contribution < -0.4 is 0 Å². The average molecular weight is 528 g/mol.